The molecular weight excluding hydrogens is 256 g/mol. The maximum absolute atomic E-state index is 12.2. The quantitative estimate of drug-likeness (QED) is 0.845. The molecule has 1 unspecified atom stereocenters. The van der Waals surface area contributed by atoms with Gasteiger partial charge in [0.1, 0.15) is 5.75 Å². The summed E-state index contributed by atoms with van der Waals surface area (Å²) in [4.78, 5) is 0.696. The van der Waals surface area contributed by atoms with E-state index >= 15 is 0 Å². The van der Waals surface area contributed by atoms with Crippen LogP contribution in [-0.2, 0) is 11.1 Å². The van der Waals surface area contributed by atoms with Crippen LogP contribution in [0.25, 0.3) is 0 Å². The Morgan fingerprint density at radius 1 is 0.789 bits per heavy atom. The van der Waals surface area contributed by atoms with Crippen molar-refractivity contribution in [2.45, 2.75) is 32.6 Å². The number of hydrogen-bond donors (Lipinski definition) is 0. The maximum Gasteiger partial charge on any atom is 0.240 e. The third-order valence-corrected chi connectivity index (χ3v) is 4.30. The average Bonchev–Trinajstić information content (AvgIpc) is 2.37. The first-order valence-electron chi connectivity index (χ1n) is 6.22. The van der Waals surface area contributed by atoms with E-state index in [4.69, 9.17) is 4.18 Å². The van der Waals surface area contributed by atoms with E-state index in [0.717, 1.165) is 11.1 Å². The summed E-state index contributed by atoms with van der Waals surface area (Å²) in [5.41, 5.74) is 4.64. The van der Waals surface area contributed by atoms with Crippen LogP contribution >= 0.6 is 0 Å². The van der Waals surface area contributed by atoms with Gasteiger partial charge in [0.25, 0.3) is 0 Å². The number of hydrogen-bond acceptors (Lipinski definition) is 2. The average molecular weight is 274 g/mol. The lowest BCUT2D eigenvalue weighted by Crippen LogP contribution is -2.02. The van der Waals surface area contributed by atoms with Crippen molar-refractivity contribution in [3.63, 3.8) is 0 Å². The molecule has 1 atom stereocenters. The van der Waals surface area contributed by atoms with Gasteiger partial charge in [0.05, 0.1) is 4.90 Å². The molecule has 0 radical (unpaired) electrons. The SMILES string of the molecule is Cc1ccc(OS(=O)c2ccc(C)c(C)c2)cc1C. The number of rotatable bonds is 3. The Morgan fingerprint density at radius 2 is 1.37 bits per heavy atom. The van der Waals surface area contributed by atoms with E-state index in [-0.39, 0.29) is 0 Å². The maximum atomic E-state index is 12.2. The van der Waals surface area contributed by atoms with Crippen molar-refractivity contribution in [1.29, 1.82) is 0 Å². The minimum atomic E-state index is -1.47. The van der Waals surface area contributed by atoms with E-state index in [9.17, 15) is 4.21 Å². The molecule has 3 heteroatoms. The monoisotopic (exact) mass is 274 g/mol. The summed E-state index contributed by atoms with van der Waals surface area (Å²) in [6.45, 7) is 8.10. The van der Waals surface area contributed by atoms with E-state index in [0.29, 0.717) is 10.6 Å². The van der Waals surface area contributed by atoms with Crippen LogP contribution in [0.1, 0.15) is 22.3 Å². The number of aryl methyl sites for hydroxylation is 4. The topological polar surface area (TPSA) is 26.3 Å². The fourth-order valence-corrected chi connectivity index (χ4v) is 2.55. The normalized spacial score (nSPS) is 12.2. The second-order valence-electron chi connectivity index (χ2n) is 4.81. The largest absolute Gasteiger partial charge is 0.397 e. The van der Waals surface area contributed by atoms with Crippen LogP contribution in [0.5, 0.6) is 5.75 Å². The molecule has 0 saturated carbocycles. The standard InChI is InChI=1S/C16H18O2S/c1-11-5-7-15(9-13(11)3)18-19(17)16-8-6-12(2)14(4)10-16/h5-10H,1-4H3. The lowest BCUT2D eigenvalue weighted by molar-refractivity contribution is 0.561. The Hall–Kier alpha value is -1.61. The molecule has 2 nitrogen and oxygen atoms in total. The van der Waals surface area contributed by atoms with E-state index in [1.165, 1.54) is 11.1 Å². The van der Waals surface area contributed by atoms with Gasteiger partial charge in [-0.2, -0.15) is 0 Å². The second-order valence-corrected chi connectivity index (χ2v) is 5.92. The van der Waals surface area contributed by atoms with Gasteiger partial charge in [-0.25, -0.2) is 4.21 Å². The molecular formula is C16H18O2S. The van der Waals surface area contributed by atoms with Crippen molar-refractivity contribution in [3.05, 3.63) is 58.7 Å². The lowest BCUT2D eigenvalue weighted by atomic mass is 10.1. The summed E-state index contributed by atoms with van der Waals surface area (Å²) in [5.74, 6) is 0.639. The van der Waals surface area contributed by atoms with Crippen LogP contribution in [0.3, 0.4) is 0 Å². The van der Waals surface area contributed by atoms with Gasteiger partial charge in [-0.15, -0.1) is 0 Å². The Labute approximate surface area is 117 Å². The molecule has 0 fully saturated rings. The molecule has 0 aliphatic carbocycles. The first-order chi connectivity index (χ1) is 8.97. The minimum absolute atomic E-state index is 0.639. The van der Waals surface area contributed by atoms with Gasteiger partial charge in [0.2, 0.25) is 11.1 Å². The van der Waals surface area contributed by atoms with E-state index in [1.54, 1.807) is 0 Å². The van der Waals surface area contributed by atoms with Crippen LogP contribution < -0.4 is 4.18 Å². The molecule has 0 bridgehead atoms. The van der Waals surface area contributed by atoms with Gasteiger partial charge >= 0.3 is 0 Å². The van der Waals surface area contributed by atoms with Gasteiger partial charge in [-0.3, -0.25) is 0 Å². The highest BCUT2D eigenvalue weighted by Gasteiger charge is 2.08. The molecule has 0 N–H and O–H groups in total. The van der Waals surface area contributed by atoms with Gasteiger partial charge in [-0.1, -0.05) is 12.1 Å². The first kappa shape index (κ1) is 13.8. The van der Waals surface area contributed by atoms with Gasteiger partial charge in [0, 0.05) is 0 Å². The summed E-state index contributed by atoms with van der Waals surface area (Å²) in [5, 5.41) is 0. The third-order valence-electron chi connectivity index (χ3n) is 3.32. The Bertz CT molecular complexity index is 633. The molecule has 0 aromatic heterocycles. The first-order valence-corrected chi connectivity index (χ1v) is 7.29. The molecule has 100 valence electrons. The van der Waals surface area contributed by atoms with Gasteiger partial charge in [-0.05, 0) is 74.2 Å². The molecule has 0 aliphatic heterocycles. The van der Waals surface area contributed by atoms with Crippen LogP contribution in [0.4, 0.5) is 0 Å². The fraction of sp³-hybridized carbons (Fsp3) is 0.250. The summed E-state index contributed by atoms with van der Waals surface area (Å²) >= 11 is -1.47. The van der Waals surface area contributed by atoms with Gasteiger partial charge in [0.15, 0.2) is 0 Å². The Kier molecular flexibility index (Phi) is 4.05. The summed E-state index contributed by atoms with van der Waals surface area (Å²) in [7, 11) is 0. The van der Waals surface area contributed by atoms with Crippen LogP contribution in [-0.4, -0.2) is 4.21 Å². The van der Waals surface area contributed by atoms with Crippen molar-refractivity contribution < 1.29 is 8.39 Å². The van der Waals surface area contributed by atoms with Crippen molar-refractivity contribution in [3.8, 4) is 5.75 Å². The molecule has 0 spiro atoms. The molecule has 19 heavy (non-hydrogen) atoms. The minimum Gasteiger partial charge on any atom is -0.397 e. The zero-order chi connectivity index (χ0) is 14.0. The molecule has 2 aromatic carbocycles. The fourth-order valence-electron chi connectivity index (χ4n) is 1.72. The van der Waals surface area contributed by atoms with Crippen LogP contribution in [0.15, 0.2) is 41.3 Å². The van der Waals surface area contributed by atoms with E-state index < -0.39 is 11.1 Å². The van der Waals surface area contributed by atoms with Crippen LogP contribution in [0, 0.1) is 27.7 Å². The van der Waals surface area contributed by atoms with Crippen molar-refractivity contribution in [1.82, 2.24) is 0 Å². The smallest absolute Gasteiger partial charge is 0.240 e. The molecule has 0 amide bonds. The predicted molar refractivity (Wildman–Crippen MR) is 78.9 cm³/mol. The Morgan fingerprint density at radius 3 is 1.95 bits per heavy atom. The highest BCUT2D eigenvalue weighted by molar-refractivity contribution is 7.80. The second kappa shape index (κ2) is 5.57. The molecule has 0 saturated heterocycles. The van der Waals surface area contributed by atoms with Crippen LogP contribution in [0.2, 0.25) is 0 Å². The molecule has 2 rings (SSSR count). The van der Waals surface area contributed by atoms with Gasteiger partial charge < -0.3 is 4.18 Å². The van der Waals surface area contributed by atoms with E-state index in [1.807, 2.05) is 64.1 Å². The zero-order valence-corrected chi connectivity index (χ0v) is 12.5. The summed E-state index contributed by atoms with van der Waals surface area (Å²) < 4.78 is 17.7. The summed E-state index contributed by atoms with van der Waals surface area (Å²) in [6, 6.07) is 11.5. The van der Waals surface area contributed by atoms with Crippen molar-refractivity contribution in [2.75, 3.05) is 0 Å². The third kappa shape index (κ3) is 3.24. The Balaban J connectivity index is 2.20. The highest BCUT2D eigenvalue weighted by atomic mass is 32.2. The highest BCUT2D eigenvalue weighted by Crippen LogP contribution is 2.20. The number of benzene rings is 2. The zero-order valence-electron chi connectivity index (χ0n) is 11.7. The molecule has 0 aliphatic rings. The van der Waals surface area contributed by atoms with Crippen molar-refractivity contribution >= 4 is 11.1 Å². The summed E-state index contributed by atoms with van der Waals surface area (Å²) in [6.07, 6.45) is 0. The lowest BCUT2D eigenvalue weighted by Gasteiger charge is -2.08. The van der Waals surface area contributed by atoms with Crippen molar-refractivity contribution in [2.24, 2.45) is 0 Å². The molecule has 2 aromatic rings. The predicted octanol–water partition coefficient (Wildman–Crippen LogP) is 4.02. The van der Waals surface area contributed by atoms with E-state index in [2.05, 4.69) is 0 Å². The molecule has 0 heterocycles.